The molecular formula is C50H80N6O13. The first-order chi connectivity index (χ1) is 32.5. The Morgan fingerprint density at radius 1 is 0.957 bits per heavy atom. The molecule has 0 spiro atoms. The van der Waals surface area contributed by atoms with E-state index in [2.05, 4.69) is 15.4 Å². The highest BCUT2D eigenvalue weighted by Gasteiger charge is 2.61. The fourth-order valence-electron chi connectivity index (χ4n) is 11.3. The summed E-state index contributed by atoms with van der Waals surface area (Å²) in [7, 11) is 6.85. The highest BCUT2D eigenvalue weighted by atomic mass is 16.7. The largest absolute Gasteiger partial charge is 0.458 e. The van der Waals surface area contributed by atoms with E-state index in [1.165, 1.54) is 12.1 Å². The van der Waals surface area contributed by atoms with Gasteiger partial charge in [-0.25, -0.2) is 20.2 Å². The number of hydrogen-bond donors (Lipinski definition) is 3. The van der Waals surface area contributed by atoms with Crippen LogP contribution in [0.2, 0.25) is 0 Å². The molecule has 4 aliphatic heterocycles. The standard InChI is InChI=1S/C50H80N6O13/c1-15-37-50(10)42(56(47(61)69-50)53-20-17-21-55-26-35(52-27-55)34-18-16-19-51-25-34)30(4)39(57)28(2)23-49(9,63-14)44(68-46-40(58)36(54(11)12)22-29(3)64-46)31(5)41(32(6)45(60)66-37)67-38-24-48(8,62-13)43(59)33(7)65-38/h16,18-19,25-33,36-38,40-44,46,53,58-59H,15,17,20-24H2,1-14H3/t28-,29-,30+,31+,32-,33?,36+,37-,38?,40-,41?,42-,43?,44-,46+,48?,49-,50-/m1/s1. The van der Waals surface area contributed by atoms with E-state index in [1.54, 1.807) is 60.4 Å². The van der Waals surface area contributed by atoms with Crippen molar-refractivity contribution in [3.63, 3.8) is 0 Å². The van der Waals surface area contributed by atoms with Gasteiger partial charge in [0, 0.05) is 81.7 Å². The minimum Gasteiger partial charge on any atom is -0.458 e. The third-order valence-electron chi connectivity index (χ3n) is 15.5. The molecule has 0 aliphatic carbocycles. The fourth-order valence-corrected chi connectivity index (χ4v) is 11.3. The lowest BCUT2D eigenvalue weighted by Gasteiger charge is -2.50. The second kappa shape index (κ2) is 22.4. The normalized spacial score (nSPS) is 40.6. The molecule has 0 aromatic carbocycles. The lowest BCUT2D eigenvalue weighted by molar-refractivity contribution is -0.319. The van der Waals surface area contributed by atoms with Crippen LogP contribution in [0.1, 0.15) is 101 Å². The number of ether oxygens (including phenoxy) is 8. The van der Waals surface area contributed by atoms with Crippen LogP contribution in [0.25, 0.3) is 11.3 Å². The molecular weight excluding hydrogens is 893 g/mol. The number of carbonyl (C=O) groups excluding carboxylic acids is 3. The van der Waals surface area contributed by atoms with Crippen molar-refractivity contribution in [3.05, 3.63) is 37.1 Å². The van der Waals surface area contributed by atoms with Gasteiger partial charge < -0.3 is 57.6 Å². The molecule has 4 fully saturated rings. The van der Waals surface area contributed by atoms with Gasteiger partial charge in [0.1, 0.15) is 30.1 Å². The third-order valence-corrected chi connectivity index (χ3v) is 15.5. The van der Waals surface area contributed by atoms with Gasteiger partial charge in [-0.05, 0) is 93.5 Å². The third kappa shape index (κ3) is 11.5. The first kappa shape index (κ1) is 54.7. The molecule has 2 aromatic rings. The maximum absolute atomic E-state index is 15.1. The number of ketones is 1. The SMILES string of the molecule is CC[C@H]1OC(=O)[C@H](C)C(OC2CC(C)(OC)C(O)C(C)O2)[C@H](C)[C@@H](O[C@@H]2O[C@H](C)C[C@H](N(C)C)[C@H]2O)[C@](C)(OC)C[C@@H](C)C(=O)[C@H](C)[C@H]2N(NCCCn3cnc(-c4cccnc4)c3)C(=O)O[C@]12C. The van der Waals surface area contributed by atoms with Gasteiger partial charge in [-0.15, -0.1) is 0 Å². The number of hydrogen-bond acceptors (Lipinski definition) is 17. The van der Waals surface area contributed by atoms with Crippen LogP contribution >= 0.6 is 0 Å². The van der Waals surface area contributed by atoms with Gasteiger partial charge in [0.2, 0.25) is 0 Å². The Morgan fingerprint density at radius 3 is 2.30 bits per heavy atom. The molecule has 5 unspecified atom stereocenters. The van der Waals surface area contributed by atoms with Gasteiger partial charge in [0.25, 0.3) is 0 Å². The summed E-state index contributed by atoms with van der Waals surface area (Å²) >= 11 is 0. The van der Waals surface area contributed by atoms with Crippen molar-refractivity contribution in [1.82, 2.24) is 29.9 Å². The number of nitrogens with zero attached hydrogens (tertiary/aromatic N) is 5. The maximum Gasteiger partial charge on any atom is 0.425 e. The van der Waals surface area contributed by atoms with Crippen LogP contribution in [0.3, 0.4) is 0 Å². The van der Waals surface area contributed by atoms with Crippen molar-refractivity contribution in [2.75, 3.05) is 34.9 Å². The van der Waals surface area contributed by atoms with Gasteiger partial charge in [-0.1, -0.05) is 27.7 Å². The molecule has 19 nitrogen and oxygen atoms in total. The molecule has 6 heterocycles. The molecule has 69 heavy (non-hydrogen) atoms. The Bertz CT molecular complexity index is 2030. The summed E-state index contributed by atoms with van der Waals surface area (Å²) in [4.78, 5) is 54.8. The minimum absolute atomic E-state index is 0.119. The number of aliphatic hydroxyl groups is 2. The predicted octanol–water partition coefficient (Wildman–Crippen LogP) is 4.76. The van der Waals surface area contributed by atoms with E-state index in [9.17, 15) is 19.8 Å². The zero-order chi connectivity index (χ0) is 50.7. The van der Waals surface area contributed by atoms with Gasteiger partial charge in [-0.2, -0.15) is 0 Å². The molecule has 388 valence electrons. The van der Waals surface area contributed by atoms with Crippen LogP contribution in [0, 0.1) is 23.7 Å². The van der Waals surface area contributed by atoms with Crippen LogP contribution in [0.15, 0.2) is 37.1 Å². The molecule has 3 N–H and O–H groups in total. The Hall–Kier alpha value is -3.63. The number of nitrogens with one attached hydrogen (secondary N) is 1. The van der Waals surface area contributed by atoms with E-state index in [4.69, 9.17) is 37.9 Å². The van der Waals surface area contributed by atoms with Crippen molar-refractivity contribution >= 4 is 17.8 Å². The molecule has 4 saturated heterocycles. The summed E-state index contributed by atoms with van der Waals surface area (Å²) in [6, 6.07) is 2.58. The van der Waals surface area contributed by atoms with Crippen molar-refractivity contribution < 1.29 is 62.5 Å². The highest BCUT2D eigenvalue weighted by Crippen LogP contribution is 2.44. The molecule has 19 heteroatoms. The molecule has 0 bridgehead atoms. The zero-order valence-corrected chi connectivity index (χ0v) is 43.2. The number of carbonyl (C=O) groups is 3. The van der Waals surface area contributed by atoms with E-state index >= 15 is 4.79 Å². The first-order valence-corrected chi connectivity index (χ1v) is 24.7. The van der Waals surface area contributed by atoms with E-state index in [0.717, 1.165) is 11.3 Å². The Labute approximate surface area is 408 Å². The van der Waals surface area contributed by atoms with Gasteiger partial charge in [0.05, 0.1) is 53.6 Å². The summed E-state index contributed by atoms with van der Waals surface area (Å²) in [5.41, 5.74) is 1.15. The van der Waals surface area contributed by atoms with Crippen LogP contribution < -0.4 is 5.43 Å². The van der Waals surface area contributed by atoms with Gasteiger partial charge in [0.15, 0.2) is 18.2 Å². The lowest BCUT2D eigenvalue weighted by Crippen LogP contribution is -2.62. The Kier molecular flexibility index (Phi) is 17.8. The second-order valence-corrected chi connectivity index (χ2v) is 20.8. The van der Waals surface area contributed by atoms with E-state index < -0.39 is 108 Å². The number of aromatic nitrogens is 3. The molecule has 0 radical (unpaired) electrons. The zero-order valence-electron chi connectivity index (χ0n) is 43.2. The van der Waals surface area contributed by atoms with Crippen molar-refractivity contribution in [3.8, 4) is 11.3 Å². The fraction of sp³-hybridized carbons (Fsp3) is 0.780. The number of rotatable bonds is 14. The van der Waals surface area contributed by atoms with E-state index in [0.29, 0.717) is 25.9 Å². The number of likely N-dealkylation sites (N-methyl/N-ethyl adjacent to an activating group) is 1. The van der Waals surface area contributed by atoms with Crippen LogP contribution in [-0.2, 0) is 54.0 Å². The number of imidazole rings is 1. The summed E-state index contributed by atoms with van der Waals surface area (Å²) < 4.78 is 53.5. The summed E-state index contributed by atoms with van der Waals surface area (Å²) in [5, 5.41) is 24.3. The van der Waals surface area contributed by atoms with Crippen LogP contribution in [0.4, 0.5) is 4.79 Å². The lowest BCUT2D eigenvalue weighted by atomic mass is 9.73. The number of methoxy groups -OCH3 is 2. The predicted molar refractivity (Wildman–Crippen MR) is 253 cm³/mol. The quantitative estimate of drug-likeness (QED) is 0.172. The monoisotopic (exact) mass is 973 g/mol. The molecule has 0 saturated carbocycles. The topological polar surface area (TPSA) is 215 Å². The maximum atomic E-state index is 15.1. The van der Waals surface area contributed by atoms with E-state index in [-0.39, 0.29) is 37.2 Å². The number of aliphatic hydroxyl groups excluding tert-OH is 2. The van der Waals surface area contributed by atoms with E-state index in [1.807, 2.05) is 76.5 Å². The molecule has 1 amide bonds. The Balaban J connectivity index is 1.36. The minimum atomic E-state index is -1.49. The number of aryl methyl sites for hydroxylation is 1. The average molecular weight is 973 g/mol. The first-order valence-electron chi connectivity index (χ1n) is 24.7. The van der Waals surface area contributed by atoms with Crippen molar-refractivity contribution in [1.29, 1.82) is 0 Å². The number of pyridine rings is 1. The number of amides is 1. The number of hydrazine groups is 1. The highest BCUT2D eigenvalue weighted by molar-refractivity contribution is 5.85. The van der Waals surface area contributed by atoms with Crippen molar-refractivity contribution in [2.24, 2.45) is 23.7 Å². The average Bonchev–Trinajstić information content (AvgIpc) is 3.90. The van der Waals surface area contributed by atoms with Gasteiger partial charge in [-0.3, -0.25) is 14.6 Å². The number of fused-ring (bicyclic) bond motifs is 1. The molecule has 2 aromatic heterocycles. The summed E-state index contributed by atoms with van der Waals surface area (Å²) in [5.74, 6) is -4.09. The smallest absolute Gasteiger partial charge is 0.425 e. The van der Waals surface area contributed by atoms with Crippen LogP contribution in [0.5, 0.6) is 0 Å². The van der Waals surface area contributed by atoms with Crippen LogP contribution in [-0.4, -0.2) is 172 Å². The second-order valence-electron chi connectivity index (χ2n) is 20.8. The Morgan fingerprint density at radius 2 is 1.67 bits per heavy atom. The van der Waals surface area contributed by atoms with Gasteiger partial charge >= 0.3 is 12.1 Å². The number of cyclic esters (lactones) is 1. The molecule has 6 rings (SSSR count). The molecule has 4 aliphatic rings. The number of esters is 1. The number of Topliss-reactive ketones (excluding diaryl/α,β-unsaturated/α-hetero) is 1. The van der Waals surface area contributed by atoms with Crippen molar-refractivity contribution in [2.45, 2.75) is 192 Å². The molecule has 18 atom stereocenters. The summed E-state index contributed by atoms with van der Waals surface area (Å²) in [6.45, 7) is 19.0. The summed E-state index contributed by atoms with van der Waals surface area (Å²) in [6.07, 6.45) is -0.0317.